The van der Waals surface area contributed by atoms with Gasteiger partial charge in [-0.25, -0.2) is 4.39 Å². The minimum absolute atomic E-state index is 0.280. The summed E-state index contributed by atoms with van der Waals surface area (Å²) in [6.45, 7) is 0. The SMILES string of the molecule is NC(c1ccc(F)cc1)c1ccc(C=O)cc1. The first-order valence-electron chi connectivity index (χ1n) is 5.27. The molecule has 0 spiro atoms. The van der Waals surface area contributed by atoms with Crippen molar-refractivity contribution in [3.63, 3.8) is 0 Å². The molecule has 2 aromatic carbocycles. The fraction of sp³-hybridized carbons (Fsp3) is 0.0714. The van der Waals surface area contributed by atoms with Gasteiger partial charge in [-0.15, -0.1) is 0 Å². The summed E-state index contributed by atoms with van der Waals surface area (Å²) in [5.41, 5.74) is 8.39. The Morgan fingerprint density at radius 2 is 1.41 bits per heavy atom. The summed E-state index contributed by atoms with van der Waals surface area (Å²) in [7, 11) is 0. The van der Waals surface area contributed by atoms with Gasteiger partial charge in [0.2, 0.25) is 0 Å². The van der Waals surface area contributed by atoms with Crippen molar-refractivity contribution in [1.82, 2.24) is 0 Å². The van der Waals surface area contributed by atoms with Crippen molar-refractivity contribution < 1.29 is 9.18 Å². The summed E-state index contributed by atoms with van der Waals surface area (Å²) < 4.78 is 12.8. The average molecular weight is 229 g/mol. The Labute approximate surface area is 98.9 Å². The summed E-state index contributed by atoms with van der Waals surface area (Å²) in [4.78, 5) is 10.5. The average Bonchev–Trinajstić information content (AvgIpc) is 2.39. The number of nitrogens with two attached hydrogens (primary N) is 1. The molecule has 2 aromatic rings. The van der Waals surface area contributed by atoms with Gasteiger partial charge in [0.1, 0.15) is 12.1 Å². The van der Waals surface area contributed by atoms with Crippen molar-refractivity contribution in [1.29, 1.82) is 0 Å². The van der Waals surface area contributed by atoms with E-state index >= 15 is 0 Å². The van der Waals surface area contributed by atoms with Crippen LogP contribution in [0.5, 0.6) is 0 Å². The second kappa shape index (κ2) is 4.89. The second-order valence-corrected chi connectivity index (χ2v) is 3.81. The van der Waals surface area contributed by atoms with E-state index in [0.29, 0.717) is 5.56 Å². The first kappa shape index (κ1) is 11.5. The molecule has 17 heavy (non-hydrogen) atoms. The maximum absolute atomic E-state index is 12.8. The van der Waals surface area contributed by atoms with Crippen LogP contribution in [0.1, 0.15) is 27.5 Å². The maximum Gasteiger partial charge on any atom is 0.150 e. The highest BCUT2D eigenvalue weighted by atomic mass is 19.1. The monoisotopic (exact) mass is 229 g/mol. The van der Waals surface area contributed by atoms with Crippen LogP contribution in [0.4, 0.5) is 4.39 Å². The van der Waals surface area contributed by atoms with Crippen LogP contribution < -0.4 is 5.73 Å². The predicted molar refractivity (Wildman–Crippen MR) is 64.3 cm³/mol. The normalized spacial score (nSPS) is 12.1. The van der Waals surface area contributed by atoms with E-state index in [-0.39, 0.29) is 11.9 Å². The third-order valence-electron chi connectivity index (χ3n) is 2.66. The number of hydrogen-bond donors (Lipinski definition) is 1. The largest absolute Gasteiger partial charge is 0.320 e. The van der Waals surface area contributed by atoms with Gasteiger partial charge in [-0.05, 0) is 23.3 Å². The lowest BCUT2D eigenvalue weighted by Crippen LogP contribution is -2.11. The molecule has 0 heterocycles. The van der Waals surface area contributed by atoms with Gasteiger partial charge < -0.3 is 5.73 Å². The van der Waals surface area contributed by atoms with Crippen LogP contribution in [0.25, 0.3) is 0 Å². The summed E-state index contributed by atoms with van der Waals surface area (Å²) in [5, 5.41) is 0. The lowest BCUT2D eigenvalue weighted by molar-refractivity contribution is 0.112. The number of carbonyl (C=O) groups excluding carboxylic acids is 1. The van der Waals surface area contributed by atoms with Crippen LogP contribution in [0.2, 0.25) is 0 Å². The minimum atomic E-state index is -0.309. The quantitative estimate of drug-likeness (QED) is 0.822. The van der Waals surface area contributed by atoms with Gasteiger partial charge in [-0.2, -0.15) is 0 Å². The van der Waals surface area contributed by atoms with Gasteiger partial charge >= 0.3 is 0 Å². The third-order valence-corrected chi connectivity index (χ3v) is 2.66. The standard InChI is InChI=1S/C14H12FNO/c15-13-7-5-12(6-8-13)14(16)11-3-1-10(9-17)2-4-11/h1-9,14H,16H2. The molecule has 0 saturated heterocycles. The second-order valence-electron chi connectivity index (χ2n) is 3.81. The summed E-state index contributed by atoms with van der Waals surface area (Å²) in [6.07, 6.45) is 0.785. The molecule has 0 bridgehead atoms. The Balaban J connectivity index is 2.26. The fourth-order valence-electron chi connectivity index (χ4n) is 1.64. The Bertz CT molecular complexity index is 505. The highest BCUT2D eigenvalue weighted by Gasteiger charge is 2.08. The zero-order valence-corrected chi connectivity index (χ0v) is 9.14. The van der Waals surface area contributed by atoms with E-state index in [1.165, 1.54) is 12.1 Å². The van der Waals surface area contributed by atoms with Crippen molar-refractivity contribution in [2.45, 2.75) is 6.04 Å². The molecule has 0 aliphatic heterocycles. The molecule has 1 atom stereocenters. The van der Waals surface area contributed by atoms with E-state index in [9.17, 15) is 9.18 Å². The Morgan fingerprint density at radius 1 is 0.941 bits per heavy atom. The lowest BCUT2D eigenvalue weighted by atomic mass is 9.99. The maximum atomic E-state index is 12.8. The van der Waals surface area contributed by atoms with Crippen LogP contribution >= 0.6 is 0 Å². The van der Waals surface area contributed by atoms with E-state index in [1.54, 1.807) is 36.4 Å². The van der Waals surface area contributed by atoms with E-state index in [2.05, 4.69) is 0 Å². The van der Waals surface area contributed by atoms with Crippen LogP contribution in [-0.2, 0) is 0 Å². The molecular weight excluding hydrogens is 217 g/mol. The van der Waals surface area contributed by atoms with Crippen molar-refractivity contribution in [2.24, 2.45) is 5.73 Å². The molecule has 2 nitrogen and oxygen atoms in total. The molecular formula is C14H12FNO. The summed E-state index contributed by atoms with van der Waals surface area (Å²) in [6, 6.07) is 12.8. The molecule has 0 aromatic heterocycles. The van der Waals surface area contributed by atoms with Crippen LogP contribution in [0, 0.1) is 5.82 Å². The Kier molecular flexibility index (Phi) is 3.30. The van der Waals surface area contributed by atoms with E-state index in [1.807, 2.05) is 0 Å². The van der Waals surface area contributed by atoms with Crippen molar-refractivity contribution in [3.05, 3.63) is 71.0 Å². The first-order valence-corrected chi connectivity index (χ1v) is 5.27. The predicted octanol–water partition coefficient (Wildman–Crippen LogP) is 2.69. The highest BCUT2D eigenvalue weighted by Crippen LogP contribution is 2.19. The number of benzene rings is 2. The molecule has 3 heteroatoms. The topological polar surface area (TPSA) is 43.1 Å². The molecule has 0 aliphatic rings. The number of hydrogen-bond acceptors (Lipinski definition) is 2. The molecule has 2 rings (SSSR count). The van der Waals surface area contributed by atoms with Gasteiger partial charge in [0.05, 0.1) is 6.04 Å². The molecule has 0 saturated carbocycles. The first-order chi connectivity index (χ1) is 8.20. The van der Waals surface area contributed by atoms with Gasteiger partial charge in [-0.1, -0.05) is 36.4 Å². The summed E-state index contributed by atoms with van der Waals surface area (Å²) in [5.74, 6) is -0.280. The van der Waals surface area contributed by atoms with Crippen molar-refractivity contribution in [3.8, 4) is 0 Å². The van der Waals surface area contributed by atoms with E-state index < -0.39 is 0 Å². The molecule has 86 valence electrons. The number of aldehydes is 1. The number of halogens is 1. The van der Waals surface area contributed by atoms with E-state index in [0.717, 1.165) is 17.4 Å². The zero-order valence-electron chi connectivity index (χ0n) is 9.14. The lowest BCUT2D eigenvalue weighted by Gasteiger charge is -2.12. The van der Waals surface area contributed by atoms with Crippen LogP contribution in [0.3, 0.4) is 0 Å². The molecule has 0 aliphatic carbocycles. The minimum Gasteiger partial charge on any atom is -0.320 e. The van der Waals surface area contributed by atoms with Gasteiger partial charge in [-0.3, -0.25) is 4.79 Å². The Morgan fingerprint density at radius 3 is 1.88 bits per heavy atom. The zero-order chi connectivity index (χ0) is 12.3. The van der Waals surface area contributed by atoms with Crippen LogP contribution in [0.15, 0.2) is 48.5 Å². The van der Waals surface area contributed by atoms with Crippen LogP contribution in [-0.4, -0.2) is 6.29 Å². The molecule has 1 unspecified atom stereocenters. The molecule has 2 N–H and O–H groups in total. The third kappa shape index (κ3) is 2.57. The van der Waals surface area contributed by atoms with Gasteiger partial charge in [0, 0.05) is 5.56 Å². The van der Waals surface area contributed by atoms with Crippen molar-refractivity contribution >= 4 is 6.29 Å². The Hall–Kier alpha value is -2.00. The van der Waals surface area contributed by atoms with Gasteiger partial charge in [0.25, 0.3) is 0 Å². The number of carbonyl (C=O) groups is 1. The molecule has 0 amide bonds. The van der Waals surface area contributed by atoms with Crippen molar-refractivity contribution in [2.75, 3.05) is 0 Å². The number of rotatable bonds is 3. The smallest absolute Gasteiger partial charge is 0.150 e. The summed E-state index contributed by atoms with van der Waals surface area (Å²) >= 11 is 0. The molecule has 0 radical (unpaired) electrons. The highest BCUT2D eigenvalue weighted by molar-refractivity contribution is 5.74. The molecule has 0 fully saturated rings. The fourth-order valence-corrected chi connectivity index (χ4v) is 1.64. The van der Waals surface area contributed by atoms with Gasteiger partial charge in [0.15, 0.2) is 0 Å². The van der Waals surface area contributed by atoms with E-state index in [4.69, 9.17) is 5.73 Å².